The smallest absolute Gasteiger partial charge is 0.352 e. The van der Waals surface area contributed by atoms with E-state index in [0.717, 1.165) is 49.8 Å². The molecule has 0 bridgehead atoms. The zero-order chi connectivity index (χ0) is 36.8. The number of anilines is 1. The van der Waals surface area contributed by atoms with Crippen LogP contribution in [0.1, 0.15) is 48.8 Å². The number of halogens is 6. The lowest BCUT2D eigenvalue weighted by Gasteiger charge is -2.35. The van der Waals surface area contributed by atoms with Crippen LogP contribution in [0.2, 0.25) is 15.1 Å². The van der Waals surface area contributed by atoms with Gasteiger partial charge in [-0.1, -0.05) is 109 Å². The highest BCUT2D eigenvalue weighted by Gasteiger charge is 2.38. The molecular weight excluding hydrogens is 746 g/mol. The average Bonchev–Trinajstić information content (AvgIpc) is 3.11. The van der Waals surface area contributed by atoms with Crippen molar-refractivity contribution in [3.63, 3.8) is 0 Å². The molecule has 0 spiro atoms. The topological polar surface area (TPSA) is 86.8 Å². The second-order valence-electron chi connectivity index (χ2n) is 12.3. The van der Waals surface area contributed by atoms with Gasteiger partial charge in [0.25, 0.3) is 10.0 Å². The summed E-state index contributed by atoms with van der Waals surface area (Å²) in [6.07, 6.45) is -0.388. The largest absolute Gasteiger partial charge is 0.417 e. The predicted molar refractivity (Wildman–Crippen MR) is 193 cm³/mol. The third-order valence-corrected chi connectivity index (χ3v) is 11.6. The molecule has 14 heteroatoms. The van der Waals surface area contributed by atoms with E-state index in [-0.39, 0.29) is 33.9 Å². The molecule has 1 atom stereocenters. The van der Waals surface area contributed by atoms with Gasteiger partial charge in [-0.2, -0.15) is 13.2 Å². The summed E-state index contributed by atoms with van der Waals surface area (Å²) in [7, 11) is -4.63. The lowest BCUT2D eigenvalue weighted by molar-refractivity contribution is -0.140. The van der Waals surface area contributed by atoms with Crippen molar-refractivity contribution in [1.29, 1.82) is 0 Å². The lowest BCUT2D eigenvalue weighted by Crippen LogP contribution is -2.55. The minimum absolute atomic E-state index is 0.0665. The Bertz CT molecular complexity index is 1950. The highest BCUT2D eigenvalue weighted by Crippen LogP contribution is 2.38. The molecular formula is C37H35Cl3F3N3O4S. The molecule has 0 heterocycles. The first-order chi connectivity index (χ1) is 24.2. The summed E-state index contributed by atoms with van der Waals surface area (Å²) in [4.78, 5) is 29.9. The predicted octanol–water partition coefficient (Wildman–Crippen LogP) is 8.95. The highest BCUT2D eigenvalue weighted by molar-refractivity contribution is 7.92. The molecule has 51 heavy (non-hydrogen) atoms. The normalized spacial score (nSPS) is 14.5. The second kappa shape index (κ2) is 16.7. The van der Waals surface area contributed by atoms with E-state index in [0.29, 0.717) is 15.9 Å². The van der Waals surface area contributed by atoms with Crippen LogP contribution in [0.3, 0.4) is 0 Å². The Morgan fingerprint density at radius 3 is 2.04 bits per heavy atom. The van der Waals surface area contributed by atoms with Crippen molar-refractivity contribution in [2.75, 3.05) is 10.8 Å². The molecule has 1 N–H and O–H groups in total. The van der Waals surface area contributed by atoms with E-state index in [2.05, 4.69) is 5.32 Å². The van der Waals surface area contributed by atoms with Crippen molar-refractivity contribution < 1.29 is 31.2 Å². The Kier molecular flexibility index (Phi) is 12.6. The van der Waals surface area contributed by atoms with Gasteiger partial charge in [0.05, 0.1) is 31.2 Å². The first kappa shape index (κ1) is 38.5. The molecule has 4 aromatic carbocycles. The fourth-order valence-electron chi connectivity index (χ4n) is 6.07. The standard InChI is InChI=1S/C37H35Cl3F3N3O4S/c38-31-19-17-28(22-30(31)37(41,42)43)46(51(49,50)29-14-8-3-9-15-29)24-35(47)45(23-26-16-18-32(39)33(40)20-26)34(21-25-10-4-1-5-11-25)36(48)44-27-12-6-2-7-13-27/h1,3-5,8-11,14-20,22,27,34H,2,6-7,12-13,21,23-24H2,(H,44,48)/t34-/m1/s1. The molecule has 0 unspecified atom stereocenters. The summed E-state index contributed by atoms with van der Waals surface area (Å²) >= 11 is 18.4. The maximum atomic E-state index is 14.7. The number of nitrogens with one attached hydrogen (secondary N) is 1. The van der Waals surface area contributed by atoms with Crippen LogP contribution in [-0.4, -0.2) is 43.8 Å². The van der Waals surface area contributed by atoms with Gasteiger partial charge in [0, 0.05) is 19.0 Å². The number of sulfonamides is 1. The van der Waals surface area contributed by atoms with Crippen LogP contribution < -0.4 is 9.62 Å². The first-order valence-corrected chi connectivity index (χ1v) is 18.8. The highest BCUT2D eigenvalue weighted by atomic mass is 35.5. The van der Waals surface area contributed by atoms with Crippen LogP contribution >= 0.6 is 34.8 Å². The van der Waals surface area contributed by atoms with Gasteiger partial charge in [0.15, 0.2) is 0 Å². The minimum Gasteiger partial charge on any atom is -0.352 e. The van der Waals surface area contributed by atoms with Crippen LogP contribution in [0, 0.1) is 0 Å². The van der Waals surface area contributed by atoms with Gasteiger partial charge in [0.2, 0.25) is 11.8 Å². The van der Waals surface area contributed by atoms with E-state index >= 15 is 0 Å². The fourth-order valence-corrected chi connectivity index (χ4v) is 8.04. The molecule has 2 amide bonds. The van der Waals surface area contributed by atoms with Crippen LogP contribution in [0.15, 0.2) is 102 Å². The molecule has 1 saturated carbocycles. The number of nitrogens with zero attached hydrogens (tertiary/aromatic N) is 2. The zero-order valence-electron chi connectivity index (χ0n) is 27.3. The first-order valence-electron chi connectivity index (χ1n) is 16.3. The molecule has 0 aliphatic heterocycles. The van der Waals surface area contributed by atoms with Crippen LogP contribution in [0.4, 0.5) is 18.9 Å². The maximum absolute atomic E-state index is 14.7. The third-order valence-electron chi connectivity index (χ3n) is 8.71. The van der Waals surface area contributed by atoms with Gasteiger partial charge in [-0.05, 0) is 66.4 Å². The molecule has 5 rings (SSSR count). The van der Waals surface area contributed by atoms with Crippen molar-refractivity contribution in [2.24, 2.45) is 0 Å². The summed E-state index contributed by atoms with van der Waals surface area (Å²) in [5, 5.41) is 2.92. The Morgan fingerprint density at radius 1 is 0.784 bits per heavy atom. The molecule has 1 fully saturated rings. The van der Waals surface area contributed by atoms with Gasteiger partial charge in [-0.15, -0.1) is 0 Å². The Morgan fingerprint density at radius 2 is 1.41 bits per heavy atom. The molecule has 0 radical (unpaired) electrons. The van der Waals surface area contributed by atoms with Crippen molar-refractivity contribution in [3.05, 3.63) is 129 Å². The summed E-state index contributed by atoms with van der Waals surface area (Å²) < 4.78 is 71.0. The van der Waals surface area contributed by atoms with E-state index in [1.54, 1.807) is 36.4 Å². The van der Waals surface area contributed by atoms with Crippen LogP contribution in [0.5, 0.6) is 0 Å². The maximum Gasteiger partial charge on any atom is 0.417 e. The van der Waals surface area contributed by atoms with Crippen molar-refractivity contribution in [2.45, 2.75) is 68.2 Å². The summed E-state index contributed by atoms with van der Waals surface area (Å²) in [6, 6.07) is 22.1. The molecule has 4 aromatic rings. The van der Waals surface area contributed by atoms with Gasteiger partial charge in [-0.3, -0.25) is 13.9 Å². The van der Waals surface area contributed by atoms with Crippen molar-refractivity contribution in [3.8, 4) is 0 Å². The number of alkyl halides is 3. The number of hydrogen-bond donors (Lipinski definition) is 1. The summed E-state index contributed by atoms with van der Waals surface area (Å²) in [6.45, 7) is -1.14. The Balaban J connectivity index is 1.62. The van der Waals surface area contributed by atoms with E-state index in [9.17, 15) is 31.2 Å². The molecule has 0 saturated heterocycles. The number of carbonyl (C=O) groups is 2. The van der Waals surface area contributed by atoms with Gasteiger partial charge < -0.3 is 10.2 Å². The molecule has 7 nitrogen and oxygen atoms in total. The molecule has 1 aliphatic carbocycles. The van der Waals surface area contributed by atoms with Crippen LogP contribution in [0.25, 0.3) is 0 Å². The quantitative estimate of drug-likeness (QED) is 0.156. The SMILES string of the molecule is O=C(NC1CCCCC1)[C@@H](Cc1ccccc1)N(Cc1ccc(Cl)c(Cl)c1)C(=O)CN(c1ccc(Cl)c(C(F)(F)F)c1)S(=O)(=O)c1ccccc1. The number of carbonyl (C=O) groups excluding carboxylic acids is 2. The molecule has 0 aromatic heterocycles. The molecule has 270 valence electrons. The van der Waals surface area contributed by atoms with Crippen molar-refractivity contribution in [1.82, 2.24) is 10.2 Å². The van der Waals surface area contributed by atoms with Gasteiger partial charge >= 0.3 is 6.18 Å². The lowest BCUT2D eigenvalue weighted by atomic mass is 9.94. The monoisotopic (exact) mass is 779 g/mol. The van der Waals surface area contributed by atoms with Crippen LogP contribution in [-0.2, 0) is 38.8 Å². The second-order valence-corrected chi connectivity index (χ2v) is 15.4. The number of rotatable bonds is 12. The average molecular weight is 781 g/mol. The van der Waals surface area contributed by atoms with Gasteiger partial charge in [-0.25, -0.2) is 8.42 Å². The Labute approximate surface area is 310 Å². The summed E-state index contributed by atoms with van der Waals surface area (Å²) in [5.74, 6) is -1.29. The Hall–Kier alpha value is -3.77. The fraction of sp³-hybridized carbons (Fsp3) is 0.297. The number of benzene rings is 4. The minimum atomic E-state index is -4.92. The third kappa shape index (κ3) is 9.77. The van der Waals surface area contributed by atoms with E-state index < -0.39 is 56.9 Å². The molecule has 1 aliphatic rings. The number of amides is 2. The van der Waals surface area contributed by atoms with E-state index in [4.69, 9.17) is 34.8 Å². The van der Waals surface area contributed by atoms with Gasteiger partial charge in [0.1, 0.15) is 12.6 Å². The van der Waals surface area contributed by atoms with Crippen molar-refractivity contribution >= 4 is 62.3 Å². The number of hydrogen-bond acceptors (Lipinski definition) is 4. The van der Waals surface area contributed by atoms with E-state index in [1.807, 2.05) is 6.07 Å². The summed E-state index contributed by atoms with van der Waals surface area (Å²) in [5.41, 5.74) is -0.493. The zero-order valence-corrected chi connectivity index (χ0v) is 30.3. The van der Waals surface area contributed by atoms with E-state index in [1.165, 1.54) is 41.3 Å².